The normalized spacial score (nSPS) is 28.2. The summed E-state index contributed by atoms with van der Waals surface area (Å²) in [5, 5.41) is -2.41. The van der Waals surface area contributed by atoms with Gasteiger partial charge in [0.15, 0.2) is 0 Å². The predicted molar refractivity (Wildman–Crippen MR) is 56.6 cm³/mol. The second-order valence-corrected chi connectivity index (χ2v) is 5.50. The topological polar surface area (TPSA) is 17.1 Å². The lowest BCUT2D eigenvalue weighted by molar-refractivity contribution is -0.261. The van der Waals surface area contributed by atoms with Gasteiger partial charge in [0.1, 0.15) is 0 Å². The Morgan fingerprint density at radius 3 is 1.89 bits per heavy atom. The van der Waals surface area contributed by atoms with Crippen LogP contribution < -0.4 is 0 Å². The van der Waals surface area contributed by atoms with E-state index in [4.69, 9.17) is 23.2 Å². The molecule has 0 radical (unpaired) electrons. The van der Waals surface area contributed by atoms with Crippen molar-refractivity contribution in [2.75, 3.05) is 0 Å². The average molecular weight is 311 g/mol. The first kappa shape index (κ1) is 15.7. The van der Waals surface area contributed by atoms with Crippen molar-refractivity contribution in [1.29, 1.82) is 0 Å². The fourth-order valence-electron chi connectivity index (χ4n) is 1.82. The lowest BCUT2D eigenvalue weighted by atomic mass is 10.1. The van der Waals surface area contributed by atoms with Gasteiger partial charge in [-0.05, 0) is 22.9 Å². The van der Waals surface area contributed by atoms with Gasteiger partial charge in [0, 0.05) is 5.92 Å². The molecule has 0 amide bonds. The van der Waals surface area contributed by atoms with E-state index in [9.17, 15) is 26.7 Å². The van der Waals surface area contributed by atoms with Gasteiger partial charge in [-0.25, -0.2) is 0 Å². The lowest BCUT2D eigenvalue weighted by Gasteiger charge is -2.18. The fraction of sp³-hybridized carbons (Fsp3) is 0.700. The number of alkyl halides is 5. The molecule has 0 aromatic rings. The van der Waals surface area contributed by atoms with Crippen molar-refractivity contribution < 1.29 is 26.7 Å². The van der Waals surface area contributed by atoms with E-state index in [2.05, 4.69) is 0 Å². The van der Waals surface area contributed by atoms with Gasteiger partial charge in [-0.3, -0.25) is 4.79 Å². The zero-order valence-corrected chi connectivity index (χ0v) is 10.8. The molecule has 1 saturated carbocycles. The summed E-state index contributed by atoms with van der Waals surface area (Å²) in [6, 6.07) is 0. The largest absolute Gasteiger partial charge is 0.459 e. The van der Waals surface area contributed by atoms with Gasteiger partial charge in [-0.2, -0.15) is 22.0 Å². The van der Waals surface area contributed by atoms with Gasteiger partial charge in [-0.1, -0.05) is 31.5 Å². The number of allylic oxidation sites excluding steroid dienone is 2. The Balaban J connectivity index is 2.97. The van der Waals surface area contributed by atoms with Gasteiger partial charge in [-0.15, -0.1) is 0 Å². The van der Waals surface area contributed by atoms with Gasteiger partial charge in [0.05, 0.1) is 5.03 Å². The molecular formula is C10H9Cl2F5O. The summed E-state index contributed by atoms with van der Waals surface area (Å²) in [5.74, 6) is -6.73. The molecule has 2 unspecified atom stereocenters. The first-order valence-corrected chi connectivity index (χ1v) is 5.60. The molecule has 0 N–H and O–H groups in total. The van der Waals surface area contributed by atoms with Crippen molar-refractivity contribution in [3.05, 3.63) is 11.1 Å². The van der Waals surface area contributed by atoms with Gasteiger partial charge >= 0.3 is 12.1 Å². The smallest absolute Gasteiger partial charge is 0.281 e. The molecule has 0 bridgehead atoms. The summed E-state index contributed by atoms with van der Waals surface area (Å²) in [6.07, 6.45) is -5.19. The highest BCUT2D eigenvalue weighted by Crippen LogP contribution is 2.61. The van der Waals surface area contributed by atoms with Crippen LogP contribution in [0, 0.1) is 17.3 Å². The standard InChI is InChI=1S/C10H9Cl2F5O/c1-8(2)4(6(8)7(12)18)3-5(11)9(13,14)10(15,16)17/h3-4,6H,1-2H3/b5-3-. The second kappa shape index (κ2) is 4.34. The zero-order valence-electron chi connectivity index (χ0n) is 9.29. The average Bonchev–Trinajstić information content (AvgIpc) is 2.65. The maximum Gasteiger partial charge on any atom is 0.459 e. The molecule has 1 fully saturated rings. The number of rotatable bonds is 3. The van der Waals surface area contributed by atoms with E-state index in [-0.39, 0.29) is 0 Å². The maximum absolute atomic E-state index is 12.8. The van der Waals surface area contributed by atoms with Crippen LogP contribution in [0.15, 0.2) is 11.1 Å². The van der Waals surface area contributed by atoms with Crippen LogP contribution in [-0.2, 0) is 4.79 Å². The number of hydrogen-bond donors (Lipinski definition) is 0. The molecule has 0 aromatic heterocycles. The van der Waals surface area contributed by atoms with Crippen LogP contribution >= 0.6 is 23.2 Å². The molecule has 104 valence electrons. The SMILES string of the molecule is CC1(C)C(/C=C(\Cl)C(F)(F)C(F)(F)F)C1C(=O)Cl. The number of hydrogen-bond acceptors (Lipinski definition) is 1. The van der Waals surface area contributed by atoms with Crippen molar-refractivity contribution in [3.8, 4) is 0 Å². The summed E-state index contributed by atoms with van der Waals surface area (Å²) in [6.45, 7) is 3.07. The van der Waals surface area contributed by atoms with E-state index >= 15 is 0 Å². The van der Waals surface area contributed by atoms with Gasteiger partial charge < -0.3 is 0 Å². The molecule has 1 nitrogen and oxygen atoms in total. The molecule has 1 aliphatic carbocycles. The molecule has 0 aliphatic heterocycles. The predicted octanol–water partition coefficient (Wildman–Crippen LogP) is 4.34. The van der Waals surface area contributed by atoms with E-state index in [1.807, 2.05) is 0 Å². The highest BCUT2D eigenvalue weighted by molar-refractivity contribution is 6.64. The Kier molecular flexibility index (Phi) is 3.78. The van der Waals surface area contributed by atoms with E-state index in [1.165, 1.54) is 13.8 Å². The van der Waals surface area contributed by atoms with Crippen molar-refractivity contribution >= 4 is 28.4 Å². The Bertz CT molecular complexity index is 400. The third kappa shape index (κ3) is 2.50. The first-order valence-electron chi connectivity index (χ1n) is 4.85. The van der Waals surface area contributed by atoms with Crippen LogP contribution in [-0.4, -0.2) is 17.3 Å². The minimum atomic E-state index is -5.76. The van der Waals surface area contributed by atoms with E-state index in [0.717, 1.165) is 0 Å². The van der Waals surface area contributed by atoms with Crippen molar-refractivity contribution in [2.24, 2.45) is 17.3 Å². The summed E-state index contributed by atoms with van der Waals surface area (Å²) in [4.78, 5) is 10.9. The number of halogens is 7. The van der Waals surface area contributed by atoms with Crippen LogP contribution in [0.3, 0.4) is 0 Å². The number of carbonyl (C=O) groups is 1. The Labute approximate surface area is 110 Å². The third-order valence-corrected chi connectivity index (χ3v) is 3.74. The van der Waals surface area contributed by atoms with Crippen LogP contribution in [0.2, 0.25) is 0 Å². The molecular weight excluding hydrogens is 302 g/mol. The fourth-order valence-corrected chi connectivity index (χ4v) is 2.48. The van der Waals surface area contributed by atoms with Crippen molar-refractivity contribution in [1.82, 2.24) is 0 Å². The highest BCUT2D eigenvalue weighted by atomic mass is 35.5. The molecule has 18 heavy (non-hydrogen) atoms. The molecule has 0 heterocycles. The second-order valence-electron chi connectivity index (χ2n) is 4.72. The minimum Gasteiger partial charge on any atom is -0.281 e. The van der Waals surface area contributed by atoms with Gasteiger partial charge in [0.25, 0.3) is 0 Å². The molecule has 8 heteroatoms. The molecule has 0 spiro atoms. The van der Waals surface area contributed by atoms with Crippen molar-refractivity contribution in [3.63, 3.8) is 0 Å². The van der Waals surface area contributed by atoms with E-state index < -0.39 is 39.6 Å². The van der Waals surface area contributed by atoms with Crippen LogP contribution in [0.1, 0.15) is 13.8 Å². The van der Waals surface area contributed by atoms with Gasteiger partial charge in [0.2, 0.25) is 5.24 Å². The molecule has 1 rings (SSSR count). The summed E-state index contributed by atoms with van der Waals surface area (Å²) < 4.78 is 61.8. The molecule has 1 aliphatic rings. The molecule has 0 aromatic carbocycles. The van der Waals surface area contributed by atoms with E-state index in [0.29, 0.717) is 6.08 Å². The molecule has 0 saturated heterocycles. The summed E-state index contributed by atoms with van der Waals surface area (Å²) >= 11 is 10.2. The van der Waals surface area contributed by atoms with Crippen LogP contribution in [0.5, 0.6) is 0 Å². The third-order valence-electron chi connectivity index (χ3n) is 3.14. The monoisotopic (exact) mass is 310 g/mol. The Morgan fingerprint density at radius 2 is 1.61 bits per heavy atom. The molecule has 2 atom stereocenters. The first-order chi connectivity index (χ1) is 7.83. The lowest BCUT2D eigenvalue weighted by Crippen LogP contribution is -2.36. The van der Waals surface area contributed by atoms with Crippen LogP contribution in [0.4, 0.5) is 22.0 Å². The zero-order chi connectivity index (χ0) is 14.5. The van der Waals surface area contributed by atoms with E-state index in [1.54, 1.807) is 0 Å². The number of carbonyl (C=O) groups excluding carboxylic acids is 1. The summed E-state index contributed by atoms with van der Waals surface area (Å²) in [7, 11) is 0. The summed E-state index contributed by atoms with van der Waals surface area (Å²) in [5.41, 5.74) is -0.763. The maximum atomic E-state index is 12.8. The minimum absolute atomic E-state index is 0.569. The quantitative estimate of drug-likeness (QED) is 0.559. The van der Waals surface area contributed by atoms with Crippen molar-refractivity contribution in [2.45, 2.75) is 25.9 Å². The Morgan fingerprint density at radius 1 is 1.17 bits per heavy atom. The Hall–Kier alpha value is -0.360. The van der Waals surface area contributed by atoms with Crippen LogP contribution in [0.25, 0.3) is 0 Å². The highest BCUT2D eigenvalue weighted by Gasteiger charge is 2.64.